The minimum Gasteiger partial charge on any atom is -0.309 e. The smallest absolute Gasteiger partial charge is 0.309 e. The third kappa shape index (κ3) is 4.34. The van der Waals surface area contributed by atoms with Crippen molar-refractivity contribution in [3.63, 3.8) is 0 Å². The van der Waals surface area contributed by atoms with E-state index in [-0.39, 0.29) is 16.9 Å². The number of pyridine rings is 1. The van der Waals surface area contributed by atoms with Crippen molar-refractivity contribution < 1.29 is 13.2 Å². The van der Waals surface area contributed by atoms with Crippen LogP contribution in [0.15, 0.2) is 42.7 Å². The lowest BCUT2D eigenvalue weighted by Gasteiger charge is -2.10. The van der Waals surface area contributed by atoms with E-state index in [0.717, 1.165) is 12.1 Å². The van der Waals surface area contributed by atoms with Crippen LogP contribution in [-0.2, 0) is 6.18 Å². The lowest BCUT2D eigenvalue weighted by Crippen LogP contribution is -2.08. The van der Waals surface area contributed by atoms with Gasteiger partial charge in [0.25, 0.3) is 0 Å². The molecule has 0 aliphatic carbocycles. The third-order valence-corrected chi connectivity index (χ3v) is 3.44. The first kappa shape index (κ1) is 17.4. The van der Waals surface area contributed by atoms with E-state index in [1.165, 1.54) is 6.33 Å². The van der Waals surface area contributed by atoms with Crippen molar-refractivity contribution in [3.05, 3.63) is 58.5 Å². The zero-order chi connectivity index (χ0) is 18.0. The van der Waals surface area contributed by atoms with Gasteiger partial charge in [-0.05, 0) is 24.3 Å². The summed E-state index contributed by atoms with van der Waals surface area (Å²) < 4.78 is 38.5. The maximum Gasteiger partial charge on any atom is 0.416 e. The third-order valence-electron chi connectivity index (χ3n) is 3.02. The van der Waals surface area contributed by atoms with Crippen molar-refractivity contribution in [1.29, 1.82) is 0 Å². The van der Waals surface area contributed by atoms with Gasteiger partial charge in [0, 0.05) is 10.6 Å². The summed E-state index contributed by atoms with van der Waals surface area (Å²) in [5.74, 6) is 0.189. The molecule has 0 unspecified atom stereocenters. The fraction of sp³-hybridized carbons (Fsp3) is 0.0667. The van der Waals surface area contributed by atoms with Gasteiger partial charge < -0.3 is 5.32 Å². The first-order valence-corrected chi connectivity index (χ1v) is 7.53. The Kier molecular flexibility index (Phi) is 4.73. The van der Waals surface area contributed by atoms with Crippen molar-refractivity contribution in [2.45, 2.75) is 6.18 Å². The van der Waals surface area contributed by atoms with Crippen LogP contribution in [0.3, 0.4) is 0 Å². The molecule has 2 heterocycles. The molecule has 0 aliphatic heterocycles. The van der Waals surface area contributed by atoms with Crippen molar-refractivity contribution in [2.24, 2.45) is 0 Å². The highest BCUT2D eigenvalue weighted by Gasteiger charge is 2.31. The van der Waals surface area contributed by atoms with Gasteiger partial charge >= 0.3 is 6.18 Å². The first-order chi connectivity index (χ1) is 11.8. The van der Waals surface area contributed by atoms with Gasteiger partial charge in [-0.15, -0.1) is 0 Å². The Bertz CT molecular complexity index is 918. The summed E-state index contributed by atoms with van der Waals surface area (Å²) in [6.07, 6.45) is -3.32. The Labute approximate surface area is 149 Å². The molecule has 5 nitrogen and oxygen atoms in total. The molecule has 0 spiro atoms. The van der Waals surface area contributed by atoms with E-state index >= 15 is 0 Å². The van der Waals surface area contributed by atoms with E-state index in [1.54, 1.807) is 24.3 Å². The van der Waals surface area contributed by atoms with E-state index < -0.39 is 11.7 Å². The lowest BCUT2D eigenvalue weighted by atomic mass is 10.2. The van der Waals surface area contributed by atoms with Crippen LogP contribution in [0.1, 0.15) is 5.56 Å². The fourth-order valence-electron chi connectivity index (χ4n) is 1.96. The minimum atomic E-state index is -4.55. The van der Waals surface area contributed by atoms with Gasteiger partial charge in [0.05, 0.1) is 5.56 Å². The largest absolute Gasteiger partial charge is 0.416 e. The number of hydrogen-bond acceptors (Lipinski definition) is 5. The van der Waals surface area contributed by atoms with E-state index in [1.807, 2.05) is 0 Å². The summed E-state index contributed by atoms with van der Waals surface area (Å²) in [6.45, 7) is 0. The van der Waals surface area contributed by atoms with E-state index in [4.69, 9.17) is 23.2 Å². The molecule has 2 aromatic heterocycles. The van der Waals surface area contributed by atoms with Crippen molar-refractivity contribution in [2.75, 3.05) is 5.32 Å². The van der Waals surface area contributed by atoms with E-state index in [9.17, 15) is 13.2 Å². The van der Waals surface area contributed by atoms with Crippen molar-refractivity contribution >= 4 is 35.0 Å². The molecule has 1 aromatic carbocycles. The highest BCUT2D eigenvalue weighted by atomic mass is 35.5. The summed E-state index contributed by atoms with van der Waals surface area (Å²) in [4.78, 5) is 15.8. The van der Waals surface area contributed by atoms with Gasteiger partial charge in [0.15, 0.2) is 5.82 Å². The van der Waals surface area contributed by atoms with Gasteiger partial charge in [-0.3, -0.25) is 0 Å². The molecular formula is C15H8Cl2F3N5. The van der Waals surface area contributed by atoms with Gasteiger partial charge in [-0.2, -0.15) is 18.2 Å². The Morgan fingerprint density at radius 3 is 2.48 bits per heavy atom. The summed E-state index contributed by atoms with van der Waals surface area (Å²) in [7, 11) is 0. The number of alkyl halides is 3. The monoisotopic (exact) mass is 385 g/mol. The van der Waals surface area contributed by atoms with Gasteiger partial charge in [-0.25, -0.2) is 15.0 Å². The summed E-state index contributed by atoms with van der Waals surface area (Å²) in [5.41, 5.74) is -0.299. The summed E-state index contributed by atoms with van der Waals surface area (Å²) in [6, 6.07) is 8.36. The van der Waals surface area contributed by atoms with Crippen LogP contribution in [0.4, 0.5) is 24.9 Å². The number of anilines is 2. The maximum atomic E-state index is 12.8. The SMILES string of the molecule is FC(F)(F)c1cc(Cl)nc(Nc2ncnc(-c3cccc(Cl)c3)n2)c1. The van der Waals surface area contributed by atoms with Crippen LogP contribution in [0, 0.1) is 0 Å². The van der Waals surface area contributed by atoms with E-state index in [2.05, 4.69) is 25.3 Å². The zero-order valence-corrected chi connectivity index (χ0v) is 13.7. The van der Waals surface area contributed by atoms with Gasteiger partial charge in [-0.1, -0.05) is 35.3 Å². The molecule has 0 amide bonds. The maximum absolute atomic E-state index is 12.8. The molecule has 0 aliphatic rings. The number of hydrogen-bond donors (Lipinski definition) is 1. The molecular weight excluding hydrogens is 378 g/mol. The second-order valence-corrected chi connectivity index (χ2v) is 5.65. The number of benzene rings is 1. The molecule has 10 heteroatoms. The lowest BCUT2D eigenvalue weighted by molar-refractivity contribution is -0.137. The van der Waals surface area contributed by atoms with Crippen LogP contribution in [0.5, 0.6) is 0 Å². The van der Waals surface area contributed by atoms with Gasteiger partial charge in [0.2, 0.25) is 5.95 Å². The normalized spacial score (nSPS) is 11.4. The molecule has 3 aromatic rings. The summed E-state index contributed by atoms with van der Waals surface area (Å²) in [5, 5.41) is 2.79. The highest BCUT2D eigenvalue weighted by molar-refractivity contribution is 6.30. The van der Waals surface area contributed by atoms with Crippen LogP contribution < -0.4 is 5.32 Å². The molecule has 0 saturated carbocycles. The molecule has 0 bridgehead atoms. The molecule has 3 rings (SSSR count). The van der Waals surface area contributed by atoms with E-state index in [0.29, 0.717) is 16.4 Å². The molecule has 0 radical (unpaired) electrons. The second kappa shape index (κ2) is 6.81. The van der Waals surface area contributed by atoms with Crippen LogP contribution in [0.2, 0.25) is 10.2 Å². The molecule has 0 saturated heterocycles. The number of aromatic nitrogens is 4. The molecule has 128 valence electrons. The Morgan fingerprint density at radius 2 is 1.76 bits per heavy atom. The Hall–Kier alpha value is -2.45. The molecule has 0 atom stereocenters. The Morgan fingerprint density at radius 1 is 0.960 bits per heavy atom. The van der Waals surface area contributed by atoms with Crippen molar-refractivity contribution in [1.82, 2.24) is 19.9 Å². The summed E-state index contributed by atoms with van der Waals surface area (Å²) >= 11 is 11.6. The minimum absolute atomic E-state index is 0.0212. The average molecular weight is 386 g/mol. The predicted octanol–water partition coefficient (Wildman–Crippen LogP) is 5.00. The average Bonchev–Trinajstić information content (AvgIpc) is 2.54. The Balaban J connectivity index is 1.92. The molecule has 1 N–H and O–H groups in total. The molecule has 25 heavy (non-hydrogen) atoms. The number of nitrogens with one attached hydrogen (secondary N) is 1. The van der Waals surface area contributed by atoms with Gasteiger partial charge in [0.1, 0.15) is 17.3 Å². The standard InChI is InChI=1S/C15H8Cl2F3N5/c16-10-3-1-2-8(4-10)13-21-7-22-14(25-13)24-12-6-9(15(18,19)20)5-11(17)23-12/h1-7H,(H,21,22,23,24,25). The fourth-order valence-corrected chi connectivity index (χ4v) is 2.36. The second-order valence-electron chi connectivity index (χ2n) is 4.83. The highest BCUT2D eigenvalue weighted by Crippen LogP contribution is 2.32. The first-order valence-electron chi connectivity index (χ1n) is 6.78. The van der Waals surface area contributed by atoms with Crippen LogP contribution in [-0.4, -0.2) is 19.9 Å². The molecule has 0 fully saturated rings. The quantitative estimate of drug-likeness (QED) is 0.642. The zero-order valence-electron chi connectivity index (χ0n) is 12.2. The van der Waals surface area contributed by atoms with Crippen LogP contribution >= 0.6 is 23.2 Å². The number of rotatable bonds is 3. The van der Waals surface area contributed by atoms with Crippen molar-refractivity contribution in [3.8, 4) is 11.4 Å². The van der Waals surface area contributed by atoms with Crippen LogP contribution in [0.25, 0.3) is 11.4 Å². The number of halogens is 5. The number of nitrogens with zero attached hydrogens (tertiary/aromatic N) is 4. The topological polar surface area (TPSA) is 63.6 Å². The predicted molar refractivity (Wildman–Crippen MR) is 87.8 cm³/mol.